The Morgan fingerprint density at radius 1 is 1.50 bits per heavy atom. The molecule has 2 aromatic heterocycles. The predicted octanol–water partition coefficient (Wildman–Crippen LogP) is 1.68. The van der Waals surface area contributed by atoms with E-state index in [9.17, 15) is 9.59 Å². The molecule has 0 spiro atoms. The third-order valence-electron chi connectivity index (χ3n) is 2.98. The third-order valence-corrected chi connectivity index (χ3v) is 4.05. The van der Waals surface area contributed by atoms with Crippen LogP contribution in [0, 0.1) is 0 Å². The molecule has 0 bridgehead atoms. The van der Waals surface area contributed by atoms with Gasteiger partial charge in [-0.3, -0.25) is 9.59 Å². The number of methoxy groups -OCH3 is 1. The van der Waals surface area contributed by atoms with Crippen molar-refractivity contribution in [1.29, 1.82) is 0 Å². The molecule has 0 atom stereocenters. The quantitative estimate of drug-likeness (QED) is 0.750. The molecule has 0 saturated carbocycles. The standard InChI is InChI=1S/C13H11N3O3S/c1-19-9-2-3-15-8(9)4-6-7-5-10(11(14)17)20-13(7)16-12(6)18/h2-5,15H,1H3,(H2,14,17)(H,16,18)/b6-4-. The number of anilines is 1. The summed E-state index contributed by atoms with van der Waals surface area (Å²) >= 11 is 1.17. The van der Waals surface area contributed by atoms with Crippen molar-refractivity contribution in [1.82, 2.24) is 4.98 Å². The van der Waals surface area contributed by atoms with Crippen molar-refractivity contribution in [3.63, 3.8) is 0 Å². The summed E-state index contributed by atoms with van der Waals surface area (Å²) in [7, 11) is 1.56. The normalized spacial score (nSPS) is 15.2. The van der Waals surface area contributed by atoms with Crippen LogP contribution in [-0.2, 0) is 4.79 Å². The van der Waals surface area contributed by atoms with Crippen LogP contribution in [0.25, 0.3) is 11.6 Å². The zero-order valence-corrected chi connectivity index (χ0v) is 11.3. The van der Waals surface area contributed by atoms with Gasteiger partial charge in [0.1, 0.15) is 10.8 Å². The molecule has 0 aliphatic carbocycles. The maximum Gasteiger partial charge on any atom is 0.258 e. The smallest absolute Gasteiger partial charge is 0.258 e. The Bertz CT molecular complexity index is 742. The molecule has 6 nitrogen and oxygen atoms in total. The second kappa shape index (κ2) is 4.53. The molecule has 0 radical (unpaired) electrons. The number of hydrogen-bond acceptors (Lipinski definition) is 4. The molecule has 1 aliphatic heterocycles. The molecule has 7 heteroatoms. The highest BCUT2D eigenvalue weighted by Crippen LogP contribution is 2.40. The minimum atomic E-state index is -0.504. The number of primary amides is 1. The van der Waals surface area contributed by atoms with Gasteiger partial charge in [-0.05, 0) is 18.2 Å². The van der Waals surface area contributed by atoms with Gasteiger partial charge in [0, 0.05) is 11.8 Å². The number of aromatic amines is 1. The number of fused-ring (bicyclic) bond motifs is 1. The molecule has 102 valence electrons. The number of rotatable bonds is 3. The second-order valence-corrected chi connectivity index (χ2v) is 5.24. The van der Waals surface area contributed by atoms with E-state index in [2.05, 4.69) is 10.3 Å². The Labute approximate surface area is 118 Å². The first-order valence-corrected chi connectivity index (χ1v) is 6.60. The van der Waals surface area contributed by atoms with Crippen LogP contribution in [0.4, 0.5) is 5.00 Å². The van der Waals surface area contributed by atoms with Crippen LogP contribution in [-0.4, -0.2) is 23.9 Å². The SMILES string of the molecule is COc1cc[nH]c1/C=C1\C(=O)Nc2sc(C(N)=O)cc21. The second-order valence-electron chi connectivity index (χ2n) is 4.19. The van der Waals surface area contributed by atoms with Gasteiger partial charge in [-0.2, -0.15) is 0 Å². The van der Waals surface area contributed by atoms with Gasteiger partial charge in [-0.15, -0.1) is 11.3 Å². The molecule has 2 amide bonds. The van der Waals surface area contributed by atoms with Crippen molar-refractivity contribution in [2.24, 2.45) is 5.73 Å². The van der Waals surface area contributed by atoms with Crippen molar-refractivity contribution < 1.29 is 14.3 Å². The van der Waals surface area contributed by atoms with Gasteiger partial charge >= 0.3 is 0 Å². The highest BCUT2D eigenvalue weighted by molar-refractivity contribution is 7.18. The number of H-pyrrole nitrogens is 1. The fourth-order valence-electron chi connectivity index (χ4n) is 2.04. The van der Waals surface area contributed by atoms with E-state index in [0.717, 1.165) is 0 Å². The summed E-state index contributed by atoms with van der Waals surface area (Å²) in [4.78, 5) is 26.6. The average molecular weight is 289 g/mol. The van der Waals surface area contributed by atoms with Crippen LogP contribution in [0.3, 0.4) is 0 Å². The molecule has 1 aliphatic rings. The Morgan fingerprint density at radius 2 is 2.30 bits per heavy atom. The van der Waals surface area contributed by atoms with Gasteiger partial charge in [0.2, 0.25) is 0 Å². The van der Waals surface area contributed by atoms with Crippen LogP contribution in [0.5, 0.6) is 5.75 Å². The van der Waals surface area contributed by atoms with E-state index in [-0.39, 0.29) is 5.91 Å². The molecule has 0 fully saturated rings. The average Bonchev–Trinajstić information content (AvgIpc) is 3.06. The molecular weight excluding hydrogens is 278 g/mol. The van der Waals surface area contributed by atoms with E-state index < -0.39 is 5.91 Å². The molecule has 3 rings (SSSR count). The number of carbonyl (C=O) groups excluding carboxylic acids is 2. The Balaban J connectivity index is 2.07. The van der Waals surface area contributed by atoms with E-state index >= 15 is 0 Å². The van der Waals surface area contributed by atoms with Crippen molar-refractivity contribution in [2.45, 2.75) is 0 Å². The van der Waals surface area contributed by atoms with Crippen LogP contribution < -0.4 is 15.8 Å². The van der Waals surface area contributed by atoms with E-state index in [1.165, 1.54) is 11.3 Å². The highest BCUT2D eigenvalue weighted by Gasteiger charge is 2.28. The zero-order chi connectivity index (χ0) is 14.3. The third kappa shape index (κ3) is 1.88. The summed E-state index contributed by atoms with van der Waals surface area (Å²) in [5, 5.41) is 3.36. The number of hydrogen-bond donors (Lipinski definition) is 3. The number of ether oxygens (including phenoxy) is 1. The summed E-state index contributed by atoms with van der Waals surface area (Å²) in [5.41, 5.74) is 7.10. The summed E-state index contributed by atoms with van der Waals surface area (Å²) < 4.78 is 5.18. The van der Waals surface area contributed by atoms with Gasteiger partial charge in [0.15, 0.2) is 0 Å². The minimum absolute atomic E-state index is 0.209. The largest absolute Gasteiger partial charge is 0.495 e. The number of nitrogens with two attached hydrogens (primary N) is 1. The molecular formula is C13H11N3O3S. The lowest BCUT2D eigenvalue weighted by atomic mass is 10.1. The van der Waals surface area contributed by atoms with Gasteiger partial charge in [-0.1, -0.05) is 0 Å². The van der Waals surface area contributed by atoms with Crippen molar-refractivity contribution in [3.05, 3.63) is 34.5 Å². The maximum absolute atomic E-state index is 12.0. The fraction of sp³-hybridized carbons (Fsp3) is 0.0769. The zero-order valence-electron chi connectivity index (χ0n) is 10.5. The van der Waals surface area contributed by atoms with Crippen LogP contribution in [0.15, 0.2) is 18.3 Å². The first-order chi connectivity index (χ1) is 9.60. The van der Waals surface area contributed by atoms with Crippen LogP contribution in [0.2, 0.25) is 0 Å². The number of thiophene rings is 1. The number of aromatic nitrogens is 1. The Kier molecular flexibility index (Phi) is 2.83. The monoisotopic (exact) mass is 289 g/mol. The lowest BCUT2D eigenvalue weighted by Crippen LogP contribution is -2.09. The lowest BCUT2D eigenvalue weighted by Gasteiger charge is -1.99. The predicted molar refractivity (Wildman–Crippen MR) is 76.7 cm³/mol. The summed E-state index contributed by atoms with van der Waals surface area (Å²) in [6, 6.07) is 3.39. The molecule has 2 aromatic rings. The van der Waals surface area contributed by atoms with E-state index in [1.54, 1.807) is 31.5 Å². The van der Waals surface area contributed by atoms with Gasteiger partial charge < -0.3 is 20.8 Å². The van der Waals surface area contributed by atoms with Crippen molar-refractivity contribution in [2.75, 3.05) is 12.4 Å². The molecule has 0 unspecified atom stereocenters. The summed E-state index contributed by atoms with van der Waals surface area (Å²) in [6.45, 7) is 0. The van der Waals surface area contributed by atoms with E-state index in [1.807, 2.05) is 0 Å². The minimum Gasteiger partial charge on any atom is -0.495 e. The molecule has 3 heterocycles. The summed E-state index contributed by atoms with van der Waals surface area (Å²) in [5.74, 6) is -0.0709. The van der Waals surface area contributed by atoms with Gasteiger partial charge in [0.25, 0.3) is 11.8 Å². The number of nitrogens with one attached hydrogen (secondary N) is 2. The Morgan fingerprint density at radius 3 is 3.00 bits per heavy atom. The van der Waals surface area contributed by atoms with Crippen LogP contribution in [0.1, 0.15) is 20.9 Å². The fourth-order valence-corrected chi connectivity index (χ4v) is 2.96. The van der Waals surface area contributed by atoms with E-state index in [0.29, 0.717) is 32.5 Å². The molecule has 4 N–H and O–H groups in total. The highest BCUT2D eigenvalue weighted by atomic mass is 32.1. The lowest BCUT2D eigenvalue weighted by molar-refractivity contribution is -0.110. The van der Waals surface area contributed by atoms with E-state index in [4.69, 9.17) is 10.5 Å². The first kappa shape index (κ1) is 12.5. The molecule has 20 heavy (non-hydrogen) atoms. The molecule has 0 saturated heterocycles. The molecule has 0 aromatic carbocycles. The van der Waals surface area contributed by atoms with Gasteiger partial charge in [-0.25, -0.2) is 0 Å². The van der Waals surface area contributed by atoms with Crippen molar-refractivity contribution >= 4 is 39.8 Å². The number of amides is 2. The first-order valence-electron chi connectivity index (χ1n) is 5.78. The van der Waals surface area contributed by atoms with Gasteiger partial charge in [0.05, 0.1) is 23.3 Å². The van der Waals surface area contributed by atoms with Crippen LogP contribution >= 0.6 is 11.3 Å². The summed E-state index contributed by atoms with van der Waals surface area (Å²) in [6.07, 6.45) is 3.42. The number of carbonyl (C=O) groups is 2. The topological polar surface area (TPSA) is 97.2 Å². The van der Waals surface area contributed by atoms with Crippen molar-refractivity contribution in [3.8, 4) is 5.75 Å². The maximum atomic E-state index is 12.0. The Hall–Kier alpha value is -2.54.